The van der Waals surface area contributed by atoms with E-state index in [1.54, 1.807) is 12.0 Å². The van der Waals surface area contributed by atoms with Crippen molar-refractivity contribution in [3.05, 3.63) is 59.7 Å². The third-order valence-electron chi connectivity index (χ3n) is 4.72. The van der Waals surface area contributed by atoms with Crippen molar-refractivity contribution in [3.8, 4) is 0 Å². The summed E-state index contributed by atoms with van der Waals surface area (Å²) in [5, 5.41) is 3.02. The SMILES string of the molecule is COCCCN1C(=O)[C@@H](CC(=O)Nc2ccc(C)cc2)SC1=Nc1ccc(C)cc1. The molecule has 158 valence electrons. The number of aryl methyl sites for hydroxylation is 2. The number of ether oxygens (including phenoxy) is 1. The lowest BCUT2D eigenvalue weighted by atomic mass is 10.2. The van der Waals surface area contributed by atoms with Crippen molar-refractivity contribution in [3.63, 3.8) is 0 Å². The number of methoxy groups -OCH3 is 1. The summed E-state index contributed by atoms with van der Waals surface area (Å²) < 4.78 is 5.12. The molecule has 2 aromatic carbocycles. The molecule has 1 atom stereocenters. The first-order valence-electron chi connectivity index (χ1n) is 9.95. The zero-order valence-corrected chi connectivity index (χ0v) is 18.4. The molecule has 30 heavy (non-hydrogen) atoms. The zero-order chi connectivity index (χ0) is 21.5. The number of amides is 2. The third kappa shape index (κ3) is 5.93. The minimum atomic E-state index is -0.484. The van der Waals surface area contributed by atoms with E-state index in [4.69, 9.17) is 4.74 Å². The molecule has 2 amide bonds. The molecule has 1 saturated heterocycles. The molecule has 0 aromatic heterocycles. The Morgan fingerprint density at radius 3 is 2.37 bits per heavy atom. The van der Waals surface area contributed by atoms with Crippen LogP contribution in [0.1, 0.15) is 24.0 Å². The number of rotatable bonds is 8. The lowest BCUT2D eigenvalue weighted by molar-refractivity contribution is -0.128. The van der Waals surface area contributed by atoms with E-state index in [1.165, 1.54) is 11.8 Å². The van der Waals surface area contributed by atoms with Crippen molar-refractivity contribution in [1.29, 1.82) is 0 Å². The van der Waals surface area contributed by atoms with E-state index >= 15 is 0 Å². The number of benzene rings is 2. The molecule has 0 aliphatic carbocycles. The van der Waals surface area contributed by atoms with Crippen LogP contribution in [0.5, 0.6) is 0 Å². The Kier molecular flexibility index (Phi) is 7.65. The van der Waals surface area contributed by atoms with Crippen molar-refractivity contribution in [1.82, 2.24) is 4.90 Å². The second kappa shape index (κ2) is 10.4. The molecule has 1 fully saturated rings. The summed E-state index contributed by atoms with van der Waals surface area (Å²) in [5.41, 5.74) is 3.79. The summed E-state index contributed by atoms with van der Waals surface area (Å²) in [5.74, 6) is -0.265. The molecule has 1 N–H and O–H groups in total. The van der Waals surface area contributed by atoms with Gasteiger partial charge in [-0.15, -0.1) is 0 Å². The maximum Gasteiger partial charge on any atom is 0.242 e. The van der Waals surface area contributed by atoms with Crippen molar-refractivity contribution in [2.24, 2.45) is 4.99 Å². The van der Waals surface area contributed by atoms with Crippen LogP contribution in [0.15, 0.2) is 53.5 Å². The van der Waals surface area contributed by atoms with Gasteiger partial charge in [-0.3, -0.25) is 14.5 Å². The second-order valence-electron chi connectivity index (χ2n) is 7.29. The molecule has 2 aromatic rings. The van der Waals surface area contributed by atoms with E-state index in [0.717, 1.165) is 22.5 Å². The van der Waals surface area contributed by atoms with E-state index in [2.05, 4.69) is 10.3 Å². The van der Waals surface area contributed by atoms with Crippen molar-refractivity contribution in [2.75, 3.05) is 25.6 Å². The van der Waals surface area contributed by atoms with Crippen molar-refractivity contribution >= 4 is 40.1 Å². The van der Waals surface area contributed by atoms with E-state index in [0.29, 0.717) is 24.7 Å². The summed E-state index contributed by atoms with van der Waals surface area (Å²) in [6, 6.07) is 15.4. The van der Waals surface area contributed by atoms with Gasteiger partial charge in [-0.1, -0.05) is 47.2 Å². The van der Waals surface area contributed by atoms with Crippen LogP contribution < -0.4 is 5.32 Å². The summed E-state index contributed by atoms with van der Waals surface area (Å²) in [7, 11) is 1.64. The van der Waals surface area contributed by atoms with Crippen LogP contribution in [0, 0.1) is 13.8 Å². The Hall–Kier alpha value is -2.64. The first kappa shape index (κ1) is 22.1. The molecule has 1 aliphatic rings. The Morgan fingerprint density at radius 2 is 1.73 bits per heavy atom. The molecular weight excluding hydrogens is 398 g/mol. The monoisotopic (exact) mass is 425 g/mol. The van der Waals surface area contributed by atoms with Crippen molar-refractivity contribution < 1.29 is 14.3 Å². The molecule has 0 spiro atoms. The smallest absolute Gasteiger partial charge is 0.242 e. The first-order chi connectivity index (χ1) is 14.5. The molecular formula is C23H27N3O3S. The summed E-state index contributed by atoms with van der Waals surface area (Å²) in [6.45, 7) is 5.09. The van der Waals surface area contributed by atoms with Gasteiger partial charge in [0.15, 0.2) is 5.17 Å². The van der Waals surface area contributed by atoms with Crippen LogP contribution in [-0.2, 0) is 14.3 Å². The first-order valence-corrected chi connectivity index (χ1v) is 10.8. The lowest BCUT2D eigenvalue weighted by Gasteiger charge is -2.16. The number of hydrogen-bond acceptors (Lipinski definition) is 5. The highest BCUT2D eigenvalue weighted by Crippen LogP contribution is 2.32. The van der Waals surface area contributed by atoms with Gasteiger partial charge < -0.3 is 10.1 Å². The molecule has 3 rings (SSSR count). The summed E-state index contributed by atoms with van der Waals surface area (Å²) in [6.07, 6.45) is 0.809. The van der Waals surface area contributed by atoms with Gasteiger partial charge in [0.25, 0.3) is 0 Å². The highest BCUT2D eigenvalue weighted by molar-refractivity contribution is 8.15. The Balaban J connectivity index is 1.71. The van der Waals surface area contributed by atoms with Crippen LogP contribution in [-0.4, -0.2) is 47.4 Å². The van der Waals surface area contributed by atoms with Gasteiger partial charge in [0.1, 0.15) is 5.25 Å². The van der Waals surface area contributed by atoms with Gasteiger partial charge in [-0.25, -0.2) is 4.99 Å². The number of amidine groups is 1. The highest BCUT2D eigenvalue weighted by Gasteiger charge is 2.38. The average molecular weight is 426 g/mol. The van der Waals surface area contributed by atoms with Gasteiger partial charge in [-0.05, 0) is 44.5 Å². The maximum atomic E-state index is 13.0. The Labute approximate surface area is 181 Å². The van der Waals surface area contributed by atoms with Crippen LogP contribution in [0.3, 0.4) is 0 Å². The fourth-order valence-electron chi connectivity index (χ4n) is 3.04. The van der Waals surface area contributed by atoms with Crippen LogP contribution in [0.4, 0.5) is 11.4 Å². The van der Waals surface area contributed by atoms with Crippen LogP contribution in [0.25, 0.3) is 0 Å². The largest absolute Gasteiger partial charge is 0.385 e. The Morgan fingerprint density at radius 1 is 1.10 bits per heavy atom. The number of carbonyl (C=O) groups is 2. The molecule has 1 aliphatic heterocycles. The molecule has 1 heterocycles. The van der Waals surface area contributed by atoms with Gasteiger partial charge in [-0.2, -0.15) is 0 Å². The molecule has 7 heteroatoms. The average Bonchev–Trinajstić information content (AvgIpc) is 3.00. The van der Waals surface area contributed by atoms with E-state index in [9.17, 15) is 9.59 Å². The van der Waals surface area contributed by atoms with Gasteiger partial charge in [0, 0.05) is 32.4 Å². The van der Waals surface area contributed by atoms with E-state index < -0.39 is 5.25 Å². The maximum absolute atomic E-state index is 13.0. The topological polar surface area (TPSA) is 71.0 Å². The predicted molar refractivity (Wildman–Crippen MR) is 122 cm³/mol. The fourth-order valence-corrected chi connectivity index (χ4v) is 4.23. The molecule has 0 saturated carbocycles. The predicted octanol–water partition coefficient (Wildman–Crippen LogP) is 4.30. The number of nitrogens with one attached hydrogen (secondary N) is 1. The summed E-state index contributed by atoms with van der Waals surface area (Å²) >= 11 is 1.35. The van der Waals surface area contributed by atoms with Crippen LogP contribution in [0.2, 0.25) is 0 Å². The minimum Gasteiger partial charge on any atom is -0.385 e. The highest BCUT2D eigenvalue weighted by atomic mass is 32.2. The zero-order valence-electron chi connectivity index (χ0n) is 17.6. The molecule has 0 radical (unpaired) electrons. The molecule has 0 unspecified atom stereocenters. The number of aliphatic imine (C=N–C) groups is 1. The van der Waals surface area contributed by atoms with Gasteiger partial charge in [0.05, 0.1) is 5.69 Å². The summed E-state index contributed by atoms with van der Waals surface area (Å²) in [4.78, 5) is 31.9. The number of hydrogen-bond donors (Lipinski definition) is 1. The molecule has 0 bridgehead atoms. The number of thioether (sulfide) groups is 1. The number of nitrogens with zero attached hydrogens (tertiary/aromatic N) is 2. The Bertz CT molecular complexity index is 910. The van der Waals surface area contributed by atoms with Crippen molar-refractivity contribution in [2.45, 2.75) is 31.9 Å². The second-order valence-corrected chi connectivity index (χ2v) is 8.46. The van der Waals surface area contributed by atoms with E-state index in [1.807, 2.05) is 62.4 Å². The van der Waals surface area contributed by atoms with Gasteiger partial charge in [0.2, 0.25) is 11.8 Å². The lowest BCUT2D eigenvalue weighted by Crippen LogP contribution is -2.34. The fraction of sp³-hybridized carbons (Fsp3) is 0.348. The third-order valence-corrected chi connectivity index (χ3v) is 5.89. The standard InChI is InChI=1S/C23H27N3O3S/c1-16-5-9-18(10-6-16)24-21(27)15-20-22(28)26(13-4-14-29-3)23(30-20)25-19-11-7-17(2)8-12-19/h5-12,20H,4,13-15H2,1-3H3,(H,24,27)/t20-/m1/s1. The van der Waals surface area contributed by atoms with E-state index in [-0.39, 0.29) is 18.2 Å². The molecule has 6 nitrogen and oxygen atoms in total. The number of carbonyl (C=O) groups excluding carboxylic acids is 2. The van der Waals surface area contributed by atoms with Crippen LogP contribution >= 0.6 is 11.8 Å². The quantitative estimate of drug-likeness (QED) is 0.640. The minimum absolute atomic E-state index is 0.0824. The van der Waals surface area contributed by atoms with Gasteiger partial charge >= 0.3 is 0 Å². The number of anilines is 1. The normalized spacial score (nSPS) is 17.6.